The second kappa shape index (κ2) is 5.01. The van der Waals surface area contributed by atoms with Gasteiger partial charge < -0.3 is 5.32 Å². The number of hydrogen-bond donors (Lipinski definition) is 1. The molecule has 1 heteroatoms. The van der Waals surface area contributed by atoms with Gasteiger partial charge >= 0.3 is 0 Å². The first-order valence-corrected chi connectivity index (χ1v) is 6.52. The molecule has 0 spiro atoms. The van der Waals surface area contributed by atoms with Gasteiger partial charge in [-0.2, -0.15) is 0 Å². The van der Waals surface area contributed by atoms with Crippen LogP contribution >= 0.6 is 0 Å². The lowest BCUT2D eigenvalue weighted by atomic mass is 9.67. The minimum Gasteiger partial charge on any atom is -0.316 e. The van der Waals surface area contributed by atoms with E-state index in [1.54, 1.807) is 0 Å². The fraction of sp³-hybridized carbons (Fsp3) is 0.600. The number of piperidine rings is 1. The quantitative estimate of drug-likeness (QED) is 0.816. The fourth-order valence-electron chi connectivity index (χ4n) is 3.12. The predicted molar refractivity (Wildman–Crippen MR) is 69.7 cm³/mol. The Bertz CT molecular complexity index is 315. The lowest BCUT2D eigenvalue weighted by molar-refractivity contribution is 0.171. The van der Waals surface area contributed by atoms with Crippen molar-refractivity contribution in [2.24, 2.45) is 5.41 Å². The van der Waals surface area contributed by atoms with E-state index in [1.807, 2.05) is 0 Å². The van der Waals surface area contributed by atoms with Crippen molar-refractivity contribution < 1.29 is 0 Å². The minimum atomic E-state index is 0.487. The SMILES string of the molecule is CCCC1(C)CCNCC1c1ccccc1. The van der Waals surface area contributed by atoms with Crippen LogP contribution in [0.3, 0.4) is 0 Å². The zero-order chi connectivity index (χ0) is 11.4. The van der Waals surface area contributed by atoms with Gasteiger partial charge in [0.2, 0.25) is 0 Å². The summed E-state index contributed by atoms with van der Waals surface area (Å²) in [7, 11) is 0. The highest BCUT2D eigenvalue weighted by Gasteiger charge is 2.36. The van der Waals surface area contributed by atoms with Crippen LogP contribution in [0.2, 0.25) is 0 Å². The largest absolute Gasteiger partial charge is 0.316 e. The molecule has 1 N–H and O–H groups in total. The Balaban J connectivity index is 2.23. The Hall–Kier alpha value is -0.820. The monoisotopic (exact) mass is 217 g/mol. The maximum atomic E-state index is 3.55. The van der Waals surface area contributed by atoms with E-state index in [9.17, 15) is 0 Å². The fourth-order valence-corrected chi connectivity index (χ4v) is 3.12. The third-order valence-electron chi connectivity index (χ3n) is 4.09. The van der Waals surface area contributed by atoms with E-state index in [1.165, 1.54) is 31.4 Å². The van der Waals surface area contributed by atoms with Crippen molar-refractivity contribution >= 4 is 0 Å². The Morgan fingerprint density at radius 2 is 2.06 bits per heavy atom. The first-order chi connectivity index (χ1) is 7.76. The first-order valence-electron chi connectivity index (χ1n) is 6.52. The highest BCUT2D eigenvalue weighted by Crippen LogP contribution is 2.43. The van der Waals surface area contributed by atoms with Crippen molar-refractivity contribution in [2.75, 3.05) is 13.1 Å². The molecule has 0 radical (unpaired) electrons. The first kappa shape index (κ1) is 11.7. The number of nitrogens with one attached hydrogen (secondary N) is 1. The Kier molecular flexibility index (Phi) is 3.65. The summed E-state index contributed by atoms with van der Waals surface area (Å²) in [6, 6.07) is 11.0. The van der Waals surface area contributed by atoms with Gasteiger partial charge in [-0.15, -0.1) is 0 Å². The molecule has 1 aromatic carbocycles. The molecule has 2 atom stereocenters. The summed E-state index contributed by atoms with van der Waals surface area (Å²) in [4.78, 5) is 0. The van der Waals surface area contributed by atoms with Gasteiger partial charge in [0.1, 0.15) is 0 Å². The molecular formula is C15H23N. The molecule has 1 saturated heterocycles. The van der Waals surface area contributed by atoms with E-state index in [2.05, 4.69) is 49.5 Å². The van der Waals surface area contributed by atoms with Gasteiger partial charge in [0.15, 0.2) is 0 Å². The van der Waals surface area contributed by atoms with E-state index in [0.29, 0.717) is 11.3 Å². The number of benzene rings is 1. The average molecular weight is 217 g/mol. The van der Waals surface area contributed by atoms with Crippen molar-refractivity contribution in [3.63, 3.8) is 0 Å². The Morgan fingerprint density at radius 1 is 1.31 bits per heavy atom. The lowest BCUT2D eigenvalue weighted by Crippen LogP contribution is -2.41. The van der Waals surface area contributed by atoms with Gasteiger partial charge in [-0.1, -0.05) is 50.6 Å². The Labute approximate surface area is 99.3 Å². The minimum absolute atomic E-state index is 0.487. The molecule has 16 heavy (non-hydrogen) atoms. The van der Waals surface area contributed by atoms with E-state index in [0.717, 1.165) is 6.54 Å². The van der Waals surface area contributed by atoms with Crippen molar-refractivity contribution in [1.82, 2.24) is 5.32 Å². The molecule has 1 aliphatic heterocycles. The van der Waals surface area contributed by atoms with Gasteiger partial charge in [0.05, 0.1) is 0 Å². The highest BCUT2D eigenvalue weighted by molar-refractivity contribution is 5.23. The molecule has 1 nitrogen and oxygen atoms in total. The maximum absolute atomic E-state index is 3.55. The van der Waals surface area contributed by atoms with Crippen LogP contribution in [0.15, 0.2) is 30.3 Å². The maximum Gasteiger partial charge on any atom is 0.00254 e. The van der Waals surface area contributed by atoms with Crippen LogP contribution in [-0.4, -0.2) is 13.1 Å². The number of hydrogen-bond acceptors (Lipinski definition) is 1. The summed E-state index contributed by atoms with van der Waals surface area (Å²) in [5.41, 5.74) is 1.99. The molecule has 1 fully saturated rings. The molecule has 1 heterocycles. The van der Waals surface area contributed by atoms with Gasteiger partial charge in [-0.05, 0) is 30.4 Å². The van der Waals surface area contributed by atoms with Gasteiger partial charge in [0.25, 0.3) is 0 Å². The normalized spacial score (nSPS) is 30.2. The van der Waals surface area contributed by atoms with Crippen LogP contribution in [0.25, 0.3) is 0 Å². The van der Waals surface area contributed by atoms with E-state index >= 15 is 0 Å². The summed E-state index contributed by atoms with van der Waals surface area (Å²) in [6.07, 6.45) is 3.94. The zero-order valence-corrected chi connectivity index (χ0v) is 10.5. The van der Waals surface area contributed by atoms with Gasteiger partial charge in [-0.3, -0.25) is 0 Å². The Morgan fingerprint density at radius 3 is 2.75 bits per heavy atom. The highest BCUT2D eigenvalue weighted by atomic mass is 14.9. The summed E-state index contributed by atoms with van der Waals surface area (Å²) < 4.78 is 0. The third-order valence-corrected chi connectivity index (χ3v) is 4.09. The van der Waals surface area contributed by atoms with Crippen LogP contribution in [0.4, 0.5) is 0 Å². The molecule has 88 valence electrons. The second-order valence-corrected chi connectivity index (χ2v) is 5.32. The van der Waals surface area contributed by atoms with Crippen LogP contribution < -0.4 is 5.32 Å². The zero-order valence-electron chi connectivity index (χ0n) is 10.5. The molecule has 0 bridgehead atoms. The summed E-state index contributed by atoms with van der Waals surface area (Å²) in [6.45, 7) is 7.09. The van der Waals surface area contributed by atoms with Gasteiger partial charge in [0, 0.05) is 12.5 Å². The molecule has 0 aromatic heterocycles. The summed E-state index contributed by atoms with van der Waals surface area (Å²) in [5, 5.41) is 3.55. The lowest BCUT2D eigenvalue weighted by Gasteiger charge is -2.42. The third kappa shape index (κ3) is 2.30. The van der Waals surface area contributed by atoms with Gasteiger partial charge in [-0.25, -0.2) is 0 Å². The van der Waals surface area contributed by atoms with Crippen molar-refractivity contribution in [3.05, 3.63) is 35.9 Å². The van der Waals surface area contributed by atoms with E-state index in [-0.39, 0.29) is 0 Å². The topological polar surface area (TPSA) is 12.0 Å². The standard InChI is InChI=1S/C15H23N/c1-3-9-15(2)10-11-16-12-14(15)13-7-5-4-6-8-13/h4-8,14,16H,3,9-12H2,1-2H3. The van der Waals surface area contributed by atoms with Crippen LogP contribution in [0.1, 0.15) is 44.6 Å². The van der Waals surface area contributed by atoms with Crippen molar-refractivity contribution in [3.8, 4) is 0 Å². The molecule has 1 aromatic rings. The van der Waals surface area contributed by atoms with Crippen LogP contribution in [-0.2, 0) is 0 Å². The molecule has 1 aliphatic rings. The van der Waals surface area contributed by atoms with E-state index in [4.69, 9.17) is 0 Å². The van der Waals surface area contributed by atoms with Crippen LogP contribution in [0.5, 0.6) is 0 Å². The molecule has 2 rings (SSSR count). The molecule has 0 saturated carbocycles. The number of rotatable bonds is 3. The second-order valence-electron chi connectivity index (χ2n) is 5.32. The molecule has 0 amide bonds. The smallest absolute Gasteiger partial charge is 0.00254 e. The van der Waals surface area contributed by atoms with Crippen molar-refractivity contribution in [1.29, 1.82) is 0 Å². The predicted octanol–water partition coefficient (Wildman–Crippen LogP) is 3.57. The summed E-state index contributed by atoms with van der Waals surface area (Å²) in [5.74, 6) is 0.683. The molecular weight excluding hydrogens is 194 g/mol. The average Bonchev–Trinajstić information content (AvgIpc) is 2.31. The summed E-state index contributed by atoms with van der Waals surface area (Å²) >= 11 is 0. The van der Waals surface area contributed by atoms with Crippen molar-refractivity contribution in [2.45, 2.75) is 39.0 Å². The van der Waals surface area contributed by atoms with E-state index < -0.39 is 0 Å². The molecule has 0 aliphatic carbocycles. The molecule has 2 unspecified atom stereocenters. The van der Waals surface area contributed by atoms with Crippen LogP contribution in [0, 0.1) is 5.41 Å².